The van der Waals surface area contributed by atoms with Crippen molar-refractivity contribution in [3.8, 4) is 0 Å². The van der Waals surface area contributed by atoms with Gasteiger partial charge in [0.25, 0.3) is 0 Å². The number of carbonyl (C=O) groups is 1. The van der Waals surface area contributed by atoms with Crippen molar-refractivity contribution in [2.45, 2.75) is 83.4 Å². The van der Waals surface area contributed by atoms with Crippen molar-refractivity contribution in [1.29, 1.82) is 0 Å². The highest BCUT2D eigenvalue weighted by Crippen LogP contribution is 2.36. The first-order valence-corrected chi connectivity index (χ1v) is 9.78. The van der Waals surface area contributed by atoms with E-state index in [4.69, 9.17) is 0 Å². The second kappa shape index (κ2) is 7.52. The topological polar surface area (TPSA) is 61.4 Å². The average molecular weight is 322 g/mol. The van der Waals surface area contributed by atoms with E-state index >= 15 is 0 Å². The molecule has 1 heterocycles. The first kappa shape index (κ1) is 17.2. The van der Waals surface area contributed by atoms with Gasteiger partial charge in [-0.2, -0.15) is 0 Å². The zero-order chi connectivity index (χ0) is 16.4. The van der Waals surface area contributed by atoms with Crippen LogP contribution >= 0.6 is 0 Å². The Kier molecular flexibility index (Phi) is 5.63. The summed E-state index contributed by atoms with van der Waals surface area (Å²) in [6, 6.07) is 0.462. The maximum Gasteiger partial charge on any atom is 0.237 e. The first-order valence-electron chi connectivity index (χ1n) is 9.78. The van der Waals surface area contributed by atoms with Crippen LogP contribution in [0.4, 0.5) is 0 Å². The molecule has 0 radical (unpaired) electrons. The van der Waals surface area contributed by atoms with Gasteiger partial charge in [-0.3, -0.25) is 4.79 Å². The summed E-state index contributed by atoms with van der Waals surface area (Å²) in [5.74, 6) is 2.36. The van der Waals surface area contributed by atoms with Crippen LogP contribution in [0.2, 0.25) is 0 Å². The monoisotopic (exact) mass is 322 g/mol. The fourth-order valence-electron chi connectivity index (χ4n) is 5.27. The van der Waals surface area contributed by atoms with Gasteiger partial charge in [0.15, 0.2) is 0 Å². The zero-order valence-corrected chi connectivity index (χ0v) is 14.8. The van der Waals surface area contributed by atoms with Crippen LogP contribution in [0.1, 0.15) is 65.2 Å². The second-order valence-corrected chi connectivity index (χ2v) is 8.39. The van der Waals surface area contributed by atoms with Gasteiger partial charge in [-0.15, -0.1) is 0 Å². The molecule has 0 bridgehead atoms. The molecule has 1 amide bonds. The number of nitrogens with one attached hydrogen (secondary N) is 2. The summed E-state index contributed by atoms with van der Waals surface area (Å²) >= 11 is 0. The summed E-state index contributed by atoms with van der Waals surface area (Å²) in [6.07, 6.45) is 9.22. The highest BCUT2D eigenvalue weighted by molar-refractivity contribution is 5.82. The Hall–Kier alpha value is -0.610. The van der Waals surface area contributed by atoms with Crippen LogP contribution in [0, 0.1) is 23.7 Å². The zero-order valence-electron chi connectivity index (χ0n) is 14.8. The van der Waals surface area contributed by atoms with Crippen molar-refractivity contribution in [1.82, 2.24) is 10.6 Å². The molecule has 0 aromatic carbocycles. The number of amides is 1. The molecule has 4 heteroatoms. The Bertz CT molecular complexity index is 414. The van der Waals surface area contributed by atoms with Gasteiger partial charge in [0.05, 0.1) is 12.1 Å². The molecule has 0 spiro atoms. The molecule has 1 saturated heterocycles. The van der Waals surface area contributed by atoms with E-state index in [0.717, 1.165) is 12.8 Å². The van der Waals surface area contributed by atoms with Crippen molar-refractivity contribution in [3.05, 3.63) is 0 Å². The normalized spacial score (nSPS) is 42.0. The largest absolute Gasteiger partial charge is 0.391 e. The van der Waals surface area contributed by atoms with Crippen molar-refractivity contribution < 1.29 is 9.90 Å². The third kappa shape index (κ3) is 3.90. The van der Waals surface area contributed by atoms with E-state index in [-0.39, 0.29) is 11.9 Å². The van der Waals surface area contributed by atoms with E-state index < -0.39 is 6.10 Å². The van der Waals surface area contributed by atoms with Crippen LogP contribution in [-0.2, 0) is 4.79 Å². The molecule has 3 N–H and O–H groups in total. The van der Waals surface area contributed by atoms with Gasteiger partial charge >= 0.3 is 0 Å². The predicted octanol–water partition coefficient (Wildman–Crippen LogP) is 2.46. The fraction of sp³-hybridized carbons (Fsp3) is 0.947. The number of hydrogen-bond acceptors (Lipinski definition) is 3. The predicted molar refractivity (Wildman–Crippen MR) is 92.0 cm³/mol. The molecule has 7 unspecified atom stereocenters. The van der Waals surface area contributed by atoms with Gasteiger partial charge < -0.3 is 15.7 Å². The summed E-state index contributed by atoms with van der Waals surface area (Å²) < 4.78 is 0. The van der Waals surface area contributed by atoms with E-state index in [0.29, 0.717) is 36.3 Å². The van der Waals surface area contributed by atoms with Gasteiger partial charge in [0, 0.05) is 12.6 Å². The molecule has 0 aromatic rings. The molecule has 1 aliphatic heterocycles. The third-order valence-corrected chi connectivity index (χ3v) is 6.76. The van der Waals surface area contributed by atoms with E-state index in [9.17, 15) is 9.90 Å². The van der Waals surface area contributed by atoms with Gasteiger partial charge in [0.2, 0.25) is 5.91 Å². The minimum Gasteiger partial charge on any atom is -0.391 e. The van der Waals surface area contributed by atoms with Crippen LogP contribution in [0.15, 0.2) is 0 Å². The van der Waals surface area contributed by atoms with Crippen molar-refractivity contribution >= 4 is 5.91 Å². The molecule has 2 saturated carbocycles. The number of aliphatic hydroxyl groups excluding tert-OH is 1. The molecule has 2 aliphatic carbocycles. The quantitative estimate of drug-likeness (QED) is 0.745. The van der Waals surface area contributed by atoms with Crippen LogP contribution in [0.25, 0.3) is 0 Å². The second-order valence-electron chi connectivity index (χ2n) is 8.39. The van der Waals surface area contributed by atoms with Crippen molar-refractivity contribution in [2.24, 2.45) is 23.7 Å². The standard InChI is InChI=1S/C19H34N2O2/c1-12-6-3-4-9-15(12)17(22)11-20-19(23)16-10-14-8-5-7-13(2)18(14)21-16/h12-18,21-22H,3-11H2,1-2H3,(H,20,23). The molecule has 7 atom stereocenters. The van der Waals surface area contributed by atoms with Crippen molar-refractivity contribution in [2.75, 3.05) is 6.54 Å². The molecule has 132 valence electrons. The summed E-state index contributed by atoms with van der Waals surface area (Å²) in [5.41, 5.74) is 0. The molecule has 0 aromatic heterocycles. The van der Waals surface area contributed by atoms with Crippen LogP contribution < -0.4 is 10.6 Å². The van der Waals surface area contributed by atoms with E-state index in [1.165, 1.54) is 38.5 Å². The summed E-state index contributed by atoms with van der Waals surface area (Å²) in [4.78, 5) is 12.5. The number of carbonyl (C=O) groups excluding carboxylic acids is 1. The number of aliphatic hydroxyl groups is 1. The maximum atomic E-state index is 12.5. The highest BCUT2D eigenvalue weighted by atomic mass is 16.3. The van der Waals surface area contributed by atoms with Crippen molar-refractivity contribution in [3.63, 3.8) is 0 Å². The number of rotatable bonds is 4. The first-order chi connectivity index (χ1) is 11.1. The molecule has 3 aliphatic rings. The minimum atomic E-state index is -0.392. The maximum absolute atomic E-state index is 12.5. The molecular weight excluding hydrogens is 288 g/mol. The Morgan fingerprint density at radius 2 is 1.87 bits per heavy atom. The fourth-order valence-corrected chi connectivity index (χ4v) is 5.27. The number of fused-ring (bicyclic) bond motifs is 1. The Morgan fingerprint density at radius 3 is 2.61 bits per heavy atom. The van der Waals surface area contributed by atoms with E-state index in [1.807, 2.05) is 0 Å². The summed E-state index contributed by atoms with van der Waals surface area (Å²) in [6.45, 7) is 4.95. The minimum absolute atomic E-state index is 0.0541. The molecule has 3 rings (SSSR count). The molecule has 23 heavy (non-hydrogen) atoms. The smallest absolute Gasteiger partial charge is 0.237 e. The SMILES string of the molecule is CC1CCCCC1C(O)CNC(=O)C1CC2CCCC(C)C2N1. The summed E-state index contributed by atoms with van der Waals surface area (Å²) in [5, 5.41) is 17.0. The third-order valence-electron chi connectivity index (χ3n) is 6.76. The molecule has 4 nitrogen and oxygen atoms in total. The van der Waals surface area contributed by atoms with Gasteiger partial charge in [-0.1, -0.05) is 39.5 Å². The van der Waals surface area contributed by atoms with Gasteiger partial charge in [0.1, 0.15) is 0 Å². The van der Waals surface area contributed by atoms with Crippen LogP contribution in [-0.4, -0.2) is 35.7 Å². The summed E-state index contributed by atoms with van der Waals surface area (Å²) in [7, 11) is 0. The Morgan fingerprint density at radius 1 is 1.13 bits per heavy atom. The van der Waals surface area contributed by atoms with Gasteiger partial charge in [-0.05, 0) is 49.4 Å². The van der Waals surface area contributed by atoms with Crippen LogP contribution in [0.3, 0.4) is 0 Å². The lowest BCUT2D eigenvalue weighted by atomic mass is 9.77. The average Bonchev–Trinajstić information content (AvgIpc) is 2.98. The lowest BCUT2D eigenvalue weighted by Crippen LogP contribution is -2.48. The van der Waals surface area contributed by atoms with Crippen LogP contribution in [0.5, 0.6) is 0 Å². The lowest BCUT2D eigenvalue weighted by Gasteiger charge is -2.32. The lowest BCUT2D eigenvalue weighted by molar-refractivity contribution is -0.123. The Balaban J connectivity index is 1.46. The molecule has 3 fully saturated rings. The highest BCUT2D eigenvalue weighted by Gasteiger charge is 2.41. The number of hydrogen-bond donors (Lipinski definition) is 3. The van der Waals surface area contributed by atoms with Gasteiger partial charge in [-0.25, -0.2) is 0 Å². The molecular formula is C19H34N2O2. The van der Waals surface area contributed by atoms with E-state index in [1.54, 1.807) is 0 Å². The Labute approximate surface area is 140 Å². The van der Waals surface area contributed by atoms with E-state index in [2.05, 4.69) is 24.5 Å².